The quantitative estimate of drug-likeness (QED) is 0.114. The van der Waals surface area contributed by atoms with Crippen LogP contribution in [0.25, 0.3) is 76.5 Å². The fourth-order valence-corrected chi connectivity index (χ4v) is 6.79. The molecule has 0 spiro atoms. The molecule has 0 saturated carbocycles. The first-order valence-corrected chi connectivity index (χ1v) is 15.3. The molecule has 5 nitrogen and oxygen atoms in total. The van der Waals surface area contributed by atoms with Crippen molar-refractivity contribution in [3.63, 3.8) is 0 Å². The molecule has 218 valence electrons. The summed E-state index contributed by atoms with van der Waals surface area (Å²) in [7, 11) is 0. The summed E-state index contributed by atoms with van der Waals surface area (Å²) in [6.07, 6.45) is 0. The highest BCUT2D eigenvalue weighted by Crippen LogP contribution is 2.43. The van der Waals surface area contributed by atoms with Crippen LogP contribution in [0.4, 0.5) is 5.69 Å². The Bertz CT molecular complexity index is 2520. The van der Waals surface area contributed by atoms with E-state index in [-0.39, 0.29) is 0 Å². The van der Waals surface area contributed by atoms with Crippen LogP contribution in [0.15, 0.2) is 134 Å². The monoisotopic (exact) mass is 587 g/mol. The number of benzene rings is 6. The lowest BCUT2D eigenvalue weighted by molar-refractivity contribution is 0.563. The maximum Gasteiger partial charge on any atom is 0.344 e. The lowest BCUT2D eigenvalue weighted by Gasteiger charge is -2.21. The van der Waals surface area contributed by atoms with Gasteiger partial charge in [-0.1, -0.05) is 84.9 Å². The van der Waals surface area contributed by atoms with Gasteiger partial charge in [0.25, 0.3) is 0 Å². The normalized spacial score (nSPS) is 11.7. The van der Waals surface area contributed by atoms with Crippen molar-refractivity contribution in [2.45, 2.75) is 13.8 Å². The van der Waals surface area contributed by atoms with E-state index in [2.05, 4.69) is 24.8 Å². The van der Waals surface area contributed by atoms with Crippen molar-refractivity contribution < 1.29 is 8.83 Å². The van der Waals surface area contributed by atoms with Gasteiger partial charge in [0, 0.05) is 52.1 Å². The van der Waals surface area contributed by atoms with Gasteiger partial charge < -0.3 is 13.7 Å². The summed E-state index contributed by atoms with van der Waals surface area (Å²) in [6.45, 7) is 5.94. The van der Waals surface area contributed by atoms with Crippen LogP contribution in [0, 0.1) is 0 Å². The zero-order valence-electron chi connectivity index (χ0n) is 25.0. The molecule has 0 saturated heterocycles. The maximum atomic E-state index is 13.8. The molecule has 45 heavy (non-hydrogen) atoms. The average molecular weight is 588 g/mol. The van der Waals surface area contributed by atoms with E-state index in [1.54, 1.807) is 0 Å². The largest absolute Gasteiger partial charge is 0.422 e. The SMILES string of the molecule is CCN(CC)c1ccc2cc(-c3c4ccccc4c(-c4cc5ccc6ccccc6c5oc4=O)c4ccccc34)c(=O)oc2c1. The molecule has 6 aromatic carbocycles. The first-order valence-electron chi connectivity index (χ1n) is 15.3. The Labute approximate surface area is 258 Å². The Morgan fingerprint density at radius 1 is 0.511 bits per heavy atom. The van der Waals surface area contributed by atoms with Crippen molar-refractivity contribution >= 4 is 59.9 Å². The molecule has 2 heterocycles. The molecule has 0 N–H and O–H groups in total. The van der Waals surface area contributed by atoms with E-state index in [0.29, 0.717) is 22.3 Å². The molecule has 0 bridgehead atoms. The van der Waals surface area contributed by atoms with Gasteiger partial charge in [0.2, 0.25) is 0 Å². The summed E-state index contributed by atoms with van der Waals surface area (Å²) >= 11 is 0. The maximum absolute atomic E-state index is 13.8. The number of hydrogen-bond donors (Lipinski definition) is 0. The Morgan fingerprint density at radius 3 is 1.60 bits per heavy atom. The highest BCUT2D eigenvalue weighted by Gasteiger charge is 2.22. The van der Waals surface area contributed by atoms with E-state index in [1.807, 2.05) is 109 Å². The molecule has 0 unspecified atom stereocenters. The van der Waals surface area contributed by atoms with E-state index in [4.69, 9.17) is 8.83 Å². The molecule has 2 aromatic heterocycles. The van der Waals surface area contributed by atoms with Crippen molar-refractivity contribution in [1.82, 2.24) is 0 Å². The molecule has 0 fully saturated rings. The van der Waals surface area contributed by atoms with Gasteiger partial charge in [0.1, 0.15) is 11.2 Å². The van der Waals surface area contributed by atoms with Crippen LogP contribution in [-0.2, 0) is 0 Å². The van der Waals surface area contributed by atoms with Crippen LogP contribution in [-0.4, -0.2) is 13.1 Å². The van der Waals surface area contributed by atoms with Crippen molar-refractivity contribution in [1.29, 1.82) is 0 Å². The number of rotatable bonds is 5. The third kappa shape index (κ3) is 4.23. The molecule has 0 aliphatic heterocycles. The Morgan fingerprint density at radius 2 is 1.00 bits per heavy atom. The summed E-state index contributed by atoms with van der Waals surface area (Å²) in [4.78, 5) is 29.8. The van der Waals surface area contributed by atoms with Crippen LogP contribution >= 0.6 is 0 Å². The first kappa shape index (κ1) is 26.9. The molecular weight excluding hydrogens is 558 g/mol. The van der Waals surface area contributed by atoms with Gasteiger partial charge in [-0.2, -0.15) is 0 Å². The van der Waals surface area contributed by atoms with E-state index < -0.39 is 11.3 Å². The van der Waals surface area contributed by atoms with Gasteiger partial charge >= 0.3 is 11.3 Å². The third-order valence-electron chi connectivity index (χ3n) is 8.94. The van der Waals surface area contributed by atoms with E-state index >= 15 is 0 Å². The summed E-state index contributed by atoms with van der Waals surface area (Å²) in [5.41, 5.74) is 3.86. The van der Waals surface area contributed by atoms with Gasteiger partial charge in [-0.05, 0) is 65.0 Å². The number of anilines is 1. The fourth-order valence-electron chi connectivity index (χ4n) is 6.79. The summed E-state index contributed by atoms with van der Waals surface area (Å²) in [6, 6.07) is 37.7. The Kier molecular flexibility index (Phi) is 6.27. The predicted octanol–water partition coefficient (Wildman–Crippen LogP) is 9.54. The lowest BCUT2D eigenvalue weighted by atomic mass is 9.86. The molecule has 0 aliphatic rings. The van der Waals surface area contributed by atoms with Crippen LogP contribution in [0.5, 0.6) is 0 Å². The van der Waals surface area contributed by atoms with Gasteiger partial charge in [-0.25, -0.2) is 9.59 Å². The minimum absolute atomic E-state index is 0.403. The standard InChI is InChI=1S/C40H29NO4/c1-3-41(4-2)27-20-19-25-21-33(39(42)44-35(25)23-27)36-29-13-7-9-15-31(29)37(32-16-10-8-14-30(32)36)34-22-26-18-17-24-11-5-6-12-28(24)38(26)45-40(34)43/h5-23H,3-4H2,1-2H3. The van der Waals surface area contributed by atoms with Gasteiger partial charge in [0.05, 0.1) is 11.1 Å². The minimum atomic E-state index is -0.406. The highest BCUT2D eigenvalue weighted by atomic mass is 16.4. The fraction of sp³-hybridized carbons (Fsp3) is 0.100. The smallest absolute Gasteiger partial charge is 0.344 e. The minimum Gasteiger partial charge on any atom is -0.422 e. The molecule has 0 amide bonds. The molecule has 0 aliphatic carbocycles. The molecule has 8 rings (SSSR count). The molecule has 8 aromatic rings. The highest BCUT2D eigenvalue weighted by molar-refractivity contribution is 6.22. The van der Waals surface area contributed by atoms with E-state index in [1.165, 1.54) is 0 Å². The Hall–Kier alpha value is -5.68. The summed E-state index contributed by atoms with van der Waals surface area (Å²) in [5.74, 6) is 0. The molecular formula is C40H29NO4. The second-order valence-corrected chi connectivity index (χ2v) is 11.3. The molecule has 0 atom stereocenters. The van der Waals surface area contributed by atoms with Gasteiger partial charge in [-0.15, -0.1) is 0 Å². The average Bonchev–Trinajstić information content (AvgIpc) is 3.07. The number of hydrogen-bond acceptors (Lipinski definition) is 5. The molecule has 5 heteroatoms. The zero-order chi connectivity index (χ0) is 30.7. The van der Waals surface area contributed by atoms with Crippen LogP contribution in [0.1, 0.15) is 13.8 Å². The lowest BCUT2D eigenvalue weighted by Crippen LogP contribution is -2.21. The second-order valence-electron chi connectivity index (χ2n) is 11.3. The van der Waals surface area contributed by atoms with Crippen molar-refractivity contribution in [3.8, 4) is 22.3 Å². The predicted molar refractivity (Wildman–Crippen MR) is 185 cm³/mol. The molecule has 0 radical (unpaired) electrons. The second kappa shape index (κ2) is 10.5. The first-order chi connectivity index (χ1) is 22.1. The number of fused-ring (bicyclic) bond motifs is 6. The third-order valence-corrected chi connectivity index (χ3v) is 8.94. The van der Waals surface area contributed by atoms with Gasteiger partial charge in [0.15, 0.2) is 0 Å². The zero-order valence-corrected chi connectivity index (χ0v) is 25.0. The van der Waals surface area contributed by atoms with E-state index in [9.17, 15) is 9.59 Å². The Balaban J connectivity index is 1.42. The van der Waals surface area contributed by atoms with Crippen molar-refractivity contribution in [3.05, 3.63) is 136 Å². The van der Waals surface area contributed by atoms with Crippen molar-refractivity contribution in [2.24, 2.45) is 0 Å². The van der Waals surface area contributed by atoms with Crippen molar-refractivity contribution in [2.75, 3.05) is 18.0 Å². The van der Waals surface area contributed by atoms with Crippen LogP contribution in [0.2, 0.25) is 0 Å². The topological polar surface area (TPSA) is 63.7 Å². The van der Waals surface area contributed by atoms with E-state index in [0.717, 1.165) is 73.0 Å². The van der Waals surface area contributed by atoms with Gasteiger partial charge in [-0.3, -0.25) is 0 Å². The van der Waals surface area contributed by atoms with Crippen LogP contribution in [0.3, 0.4) is 0 Å². The summed E-state index contributed by atoms with van der Waals surface area (Å²) < 4.78 is 12.1. The van der Waals surface area contributed by atoms with Crippen LogP contribution < -0.4 is 16.2 Å². The summed E-state index contributed by atoms with van der Waals surface area (Å²) in [5, 5.41) is 7.03. The number of nitrogens with zero attached hydrogens (tertiary/aromatic N) is 1.